The summed E-state index contributed by atoms with van der Waals surface area (Å²) in [5, 5.41) is 2.26. The second-order valence-corrected chi connectivity index (χ2v) is 11.7. The summed E-state index contributed by atoms with van der Waals surface area (Å²) in [5.41, 5.74) is 13.6. The Labute approximate surface area is 261 Å². The summed E-state index contributed by atoms with van der Waals surface area (Å²) in [7, 11) is 0. The molecular formula is C42H28N2O. The highest BCUT2D eigenvalue weighted by Gasteiger charge is 2.30. The van der Waals surface area contributed by atoms with E-state index in [9.17, 15) is 0 Å². The normalized spacial score (nSPS) is 13.9. The summed E-state index contributed by atoms with van der Waals surface area (Å²) in [6.45, 7) is 0. The van der Waals surface area contributed by atoms with Crippen LogP contribution in [-0.4, -0.2) is 9.97 Å². The topological polar surface area (TPSA) is 38.9 Å². The number of hydrogen-bond donors (Lipinski definition) is 0. The molecule has 1 unspecified atom stereocenters. The molecular weight excluding hydrogens is 548 g/mol. The lowest BCUT2D eigenvalue weighted by Crippen LogP contribution is -2.16. The molecule has 0 spiro atoms. The van der Waals surface area contributed by atoms with Crippen LogP contribution in [0.1, 0.15) is 22.7 Å². The predicted octanol–water partition coefficient (Wildman–Crippen LogP) is 10.7. The summed E-state index contributed by atoms with van der Waals surface area (Å²) in [4.78, 5) is 10.9. The molecule has 8 aromatic rings. The van der Waals surface area contributed by atoms with Gasteiger partial charge in [0.1, 0.15) is 11.2 Å². The van der Waals surface area contributed by atoms with Crippen molar-refractivity contribution in [1.82, 2.24) is 9.97 Å². The molecule has 0 saturated heterocycles. The van der Waals surface area contributed by atoms with E-state index in [4.69, 9.17) is 14.4 Å². The van der Waals surface area contributed by atoms with Crippen molar-refractivity contribution in [2.45, 2.75) is 12.3 Å². The van der Waals surface area contributed by atoms with Gasteiger partial charge in [0.25, 0.3) is 0 Å². The maximum absolute atomic E-state index is 6.46. The van der Waals surface area contributed by atoms with Gasteiger partial charge in [0.15, 0.2) is 0 Å². The Balaban J connectivity index is 1.30. The third-order valence-electron chi connectivity index (χ3n) is 9.06. The Kier molecular flexibility index (Phi) is 5.95. The molecule has 212 valence electrons. The molecule has 0 aliphatic heterocycles. The van der Waals surface area contributed by atoms with E-state index in [0.717, 1.165) is 79.0 Å². The van der Waals surface area contributed by atoms with Crippen molar-refractivity contribution in [2.75, 3.05) is 0 Å². The van der Waals surface area contributed by atoms with Gasteiger partial charge < -0.3 is 4.42 Å². The van der Waals surface area contributed by atoms with Crippen molar-refractivity contribution in [3.8, 4) is 44.9 Å². The highest BCUT2D eigenvalue weighted by Crippen LogP contribution is 2.46. The molecule has 1 atom stereocenters. The van der Waals surface area contributed by atoms with Crippen LogP contribution >= 0.6 is 0 Å². The number of benzene rings is 6. The van der Waals surface area contributed by atoms with Gasteiger partial charge in [0.2, 0.25) is 0 Å². The van der Waals surface area contributed by atoms with Crippen molar-refractivity contribution < 1.29 is 4.42 Å². The standard InChI is InChI=1S/C42H28N2O/c1-4-13-27(14-5-1)35-26-37-41(44-40(29-17-8-3-9-18-29)39(43-37)28-15-6-2-7-16-28)36-25-30(23-24-32(35)36)31-20-12-21-34-33-19-10-11-22-38(33)45-42(31)34/h1-25,35H,26H2. The summed E-state index contributed by atoms with van der Waals surface area (Å²) >= 11 is 0. The first-order valence-corrected chi connectivity index (χ1v) is 15.4. The number of fused-ring (bicyclic) bond motifs is 6. The van der Waals surface area contributed by atoms with Crippen LogP contribution in [0.3, 0.4) is 0 Å². The molecule has 6 aromatic carbocycles. The number of furan rings is 1. The van der Waals surface area contributed by atoms with Gasteiger partial charge in [-0.2, -0.15) is 0 Å². The molecule has 0 bridgehead atoms. The zero-order valence-electron chi connectivity index (χ0n) is 24.5. The molecule has 2 heterocycles. The largest absolute Gasteiger partial charge is 0.455 e. The maximum Gasteiger partial charge on any atom is 0.143 e. The first-order valence-electron chi connectivity index (χ1n) is 15.4. The van der Waals surface area contributed by atoms with E-state index in [1.54, 1.807) is 0 Å². The van der Waals surface area contributed by atoms with Crippen molar-refractivity contribution in [1.29, 1.82) is 0 Å². The zero-order chi connectivity index (χ0) is 29.7. The Morgan fingerprint density at radius 2 is 1.13 bits per heavy atom. The van der Waals surface area contributed by atoms with Gasteiger partial charge in [-0.3, -0.25) is 0 Å². The van der Waals surface area contributed by atoms with Crippen LogP contribution < -0.4 is 0 Å². The quantitative estimate of drug-likeness (QED) is 0.209. The molecule has 3 heteroatoms. The number of para-hydroxylation sites is 2. The van der Waals surface area contributed by atoms with Crippen molar-refractivity contribution in [3.05, 3.63) is 168 Å². The third kappa shape index (κ3) is 4.28. The summed E-state index contributed by atoms with van der Waals surface area (Å²) in [5.74, 6) is 0.172. The molecule has 1 aliphatic rings. The molecule has 2 aromatic heterocycles. The van der Waals surface area contributed by atoms with E-state index in [2.05, 4.69) is 127 Å². The Morgan fingerprint density at radius 3 is 1.89 bits per heavy atom. The second kappa shape index (κ2) is 10.4. The molecule has 0 amide bonds. The summed E-state index contributed by atoms with van der Waals surface area (Å²) in [6.07, 6.45) is 0.784. The second-order valence-electron chi connectivity index (χ2n) is 11.7. The van der Waals surface area contributed by atoms with Crippen LogP contribution in [0.4, 0.5) is 0 Å². The number of aromatic nitrogens is 2. The lowest BCUT2D eigenvalue weighted by molar-refractivity contribution is 0.670. The lowest BCUT2D eigenvalue weighted by atomic mass is 9.78. The number of nitrogens with zero attached hydrogens (tertiary/aromatic N) is 2. The van der Waals surface area contributed by atoms with E-state index in [-0.39, 0.29) is 5.92 Å². The summed E-state index contributed by atoms with van der Waals surface area (Å²) < 4.78 is 6.46. The Bertz CT molecular complexity index is 2340. The highest BCUT2D eigenvalue weighted by molar-refractivity contribution is 6.09. The van der Waals surface area contributed by atoms with Gasteiger partial charge in [-0.25, -0.2) is 9.97 Å². The van der Waals surface area contributed by atoms with E-state index in [1.165, 1.54) is 11.1 Å². The maximum atomic E-state index is 6.46. The van der Waals surface area contributed by atoms with Crippen LogP contribution in [-0.2, 0) is 6.42 Å². The minimum atomic E-state index is 0.172. The minimum absolute atomic E-state index is 0.172. The average molecular weight is 577 g/mol. The molecule has 1 aliphatic carbocycles. The molecule has 9 rings (SSSR count). The monoisotopic (exact) mass is 576 g/mol. The molecule has 45 heavy (non-hydrogen) atoms. The van der Waals surface area contributed by atoms with Gasteiger partial charge in [-0.1, -0.05) is 140 Å². The number of hydrogen-bond acceptors (Lipinski definition) is 3. The molecule has 0 fully saturated rings. The van der Waals surface area contributed by atoms with Crippen LogP contribution in [0.25, 0.3) is 66.8 Å². The third-order valence-corrected chi connectivity index (χ3v) is 9.06. The Morgan fingerprint density at radius 1 is 0.489 bits per heavy atom. The van der Waals surface area contributed by atoms with Crippen molar-refractivity contribution >= 4 is 21.9 Å². The summed E-state index contributed by atoms with van der Waals surface area (Å²) in [6, 6.07) is 53.2. The van der Waals surface area contributed by atoms with Gasteiger partial charge in [-0.15, -0.1) is 0 Å². The predicted molar refractivity (Wildman–Crippen MR) is 183 cm³/mol. The fraction of sp³-hybridized carbons (Fsp3) is 0.0476. The van der Waals surface area contributed by atoms with Gasteiger partial charge >= 0.3 is 0 Å². The van der Waals surface area contributed by atoms with Crippen LogP contribution in [0, 0.1) is 0 Å². The minimum Gasteiger partial charge on any atom is -0.455 e. The van der Waals surface area contributed by atoms with E-state index in [0.29, 0.717) is 0 Å². The molecule has 3 nitrogen and oxygen atoms in total. The van der Waals surface area contributed by atoms with Crippen LogP contribution in [0.5, 0.6) is 0 Å². The van der Waals surface area contributed by atoms with Crippen molar-refractivity contribution in [2.24, 2.45) is 0 Å². The number of rotatable bonds is 4. The highest BCUT2D eigenvalue weighted by atomic mass is 16.3. The van der Waals surface area contributed by atoms with E-state index in [1.807, 2.05) is 24.3 Å². The van der Waals surface area contributed by atoms with Crippen LogP contribution in [0.2, 0.25) is 0 Å². The van der Waals surface area contributed by atoms with Gasteiger partial charge in [0.05, 0.1) is 22.8 Å². The lowest BCUT2D eigenvalue weighted by Gasteiger charge is -2.28. The first-order chi connectivity index (χ1) is 22.3. The van der Waals surface area contributed by atoms with Gasteiger partial charge in [-0.05, 0) is 28.8 Å². The van der Waals surface area contributed by atoms with Crippen molar-refractivity contribution in [3.63, 3.8) is 0 Å². The smallest absolute Gasteiger partial charge is 0.143 e. The molecule has 0 radical (unpaired) electrons. The fourth-order valence-electron chi connectivity index (χ4n) is 6.92. The molecule has 0 saturated carbocycles. The van der Waals surface area contributed by atoms with E-state index >= 15 is 0 Å². The first kappa shape index (κ1) is 25.7. The molecule has 0 N–H and O–H groups in total. The SMILES string of the molecule is c1ccc(-c2nc3c(nc2-c2ccccc2)-c2cc(-c4cccc5c4oc4ccccc45)ccc2C(c2ccccc2)C3)cc1. The van der Waals surface area contributed by atoms with Crippen LogP contribution in [0.15, 0.2) is 156 Å². The Hall–Kier alpha value is -5.80. The fourth-order valence-corrected chi connectivity index (χ4v) is 6.92. The average Bonchev–Trinajstić information content (AvgIpc) is 3.51. The van der Waals surface area contributed by atoms with Gasteiger partial charge in [0, 0.05) is 45.4 Å². The zero-order valence-corrected chi connectivity index (χ0v) is 24.5. The van der Waals surface area contributed by atoms with E-state index < -0.39 is 0 Å².